The monoisotopic (exact) mass is 501 g/mol. The summed E-state index contributed by atoms with van der Waals surface area (Å²) in [7, 11) is -2.29. The molecule has 0 aromatic heterocycles. The maximum absolute atomic E-state index is 13.6. The van der Waals surface area contributed by atoms with Gasteiger partial charge in [0, 0.05) is 18.7 Å². The van der Waals surface area contributed by atoms with Gasteiger partial charge in [-0.05, 0) is 37.5 Å². The number of methoxy groups -OCH3 is 1. The molecule has 3 rings (SSSR count). The molecular formula is C26H35N3O5S. The predicted octanol–water partition coefficient (Wildman–Crippen LogP) is 3.33. The molecule has 0 spiro atoms. The Hall–Kier alpha value is -3.07. The molecule has 0 saturated heterocycles. The van der Waals surface area contributed by atoms with E-state index in [0.29, 0.717) is 11.4 Å². The van der Waals surface area contributed by atoms with Gasteiger partial charge in [0.1, 0.15) is 18.3 Å². The normalized spacial score (nSPS) is 15.2. The first-order valence-corrected chi connectivity index (χ1v) is 13.8. The van der Waals surface area contributed by atoms with Crippen LogP contribution >= 0.6 is 0 Å². The molecule has 0 radical (unpaired) electrons. The van der Waals surface area contributed by atoms with Crippen molar-refractivity contribution in [3.8, 4) is 5.75 Å². The molecule has 8 nitrogen and oxygen atoms in total. The van der Waals surface area contributed by atoms with E-state index in [1.807, 2.05) is 30.3 Å². The number of anilines is 1. The quantitative estimate of drug-likeness (QED) is 0.539. The van der Waals surface area contributed by atoms with E-state index in [4.69, 9.17) is 4.74 Å². The predicted molar refractivity (Wildman–Crippen MR) is 137 cm³/mol. The first-order chi connectivity index (χ1) is 16.7. The van der Waals surface area contributed by atoms with E-state index >= 15 is 0 Å². The second kappa shape index (κ2) is 12.1. The topological polar surface area (TPSA) is 96.0 Å². The SMILES string of the molecule is COc1cccc(N(CC(=O)N(Cc2ccccc2)[C@H](C)C(=O)NC2CCCCC2)S(C)(=O)=O)c1. The standard InChI is InChI=1S/C26H35N3O5S/c1-20(26(31)27-22-13-8-5-9-14-22)28(18-21-11-6-4-7-12-21)25(30)19-29(35(3,32)33)23-15-10-16-24(17-23)34-2/h4,6-7,10-12,15-17,20,22H,5,8-9,13-14,18-19H2,1-3H3,(H,27,31)/t20-/m1/s1. The number of amides is 2. The highest BCUT2D eigenvalue weighted by Gasteiger charge is 2.31. The van der Waals surface area contributed by atoms with Gasteiger partial charge in [-0.15, -0.1) is 0 Å². The molecule has 0 bridgehead atoms. The van der Waals surface area contributed by atoms with Crippen LogP contribution in [0.25, 0.3) is 0 Å². The lowest BCUT2D eigenvalue weighted by atomic mass is 9.95. The fourth-order valence-corrected chi connectivity index (χ4v) is 5.15. The van der Waals surface area contributed by atoms with Crippen molar-refractivity contribution in [1.29, 1.82) is 0 Å². The maximum Gasteiger partial charge on any atom is 0.244 e. The highest BCUT2D eigenvalue weighted by atomic mass is 32.2. The van der Waals surface area contributed by atoms with Crippen LogP contribution in [0.4, 0.5) is 5.69 Å². The summed E-state index contributed by atoms with van der Waals surface area (Å²) in [6, 6.07) is 15.2. The second-order valence-electron chi connectivity index (χ2n) is 9.00. The molecule has 1 fully saturated rings. The van der Waals surface area contributed by atoms with Gasteiger partial charge in [-0.1, -0.05) is 55.7 Å². The molecule has 0 aliphatic heterocycles. The van der Waals surface area contributed by atoms with E-state index in [1.165, 1.54) is 18.4 Å². The van der Waals surface area contributed by atoms with Crippen LogP contribution in [0.1, 0.15) is 44.6 Å². The number of sulfonamides is 1. The van der Waals surface area contributed by atoms with E-state index in [9.17, 15) is 18.0 Å². The zero-order chi connectivity index (χ0) is 25.4. The van der Waals surface area contributed by atoms with Crippen LogP contribution in [-0.2, 0) is 26.2 Å². The Kier molecular flexibility index (Phi) is 9.14. The number of ether oxygens (including phenoxy) is 1. The van der Waals surface area contributed by atoms with Crippen molar-refractivity contribution in [2.45, 2.75) is 57.7 Å². The largest absolute Gasteiger partial charge is 0.497 e. The molecule has 1 N–H and O–H groups in total. The molecule has 2 aromatic carbocycles. The molecule has 1 atom stereocenters. The average molecular weight is 502 g/mol. The molecule has 35 heavy (non-hydrogen) atoms. The van der Waals surface area contributed by atoms with Gasteiger partial charge in [0.15, 0.2) is 0 Å². The zero-order valence-corrected chi connectivity index (χ0v) is 21.5. The summed E-state index contributed by atoms with van der Waals surface area (Å²) in [5.41, 5.74) is 1.17. The van der Waals surface area contributed by atoms with Gasteiger partial charge in [0.05, 0.1) is 19.1 Å². The lowest BCUT2D eigenvalue weighted by Crippen LogP contribution is -2.52. The van der Waals surface area contributed by atoms with E-state index in [-0.39, 0.29) is 18.5 Å². The van der Waals surface area contributed by atoms with Crippen molar-refractivity contribution in [3.63, 3.8) is 0 Å². The minimum atomic E-state index is -3.78. The Morgan fingerprint density at radius 1 is 1.06 bits per heavy atom. The Bertz CT molecular complexity index is 1100. The van der Waals surface area contributed by atoms with Crippen LogP contribution in [0, 0.1) is 0 Å². The lowest BCUT2D eigenvalue weighted by Gasteiger charge is -2.33. The van der Waals surface area contributed by atoms with Crippen LogP contribution in [0.3, 0.4) is 0 Å². The van der Waals surface area contributed by atoms with Crippen LogP contribution in [0.2, 0.25) is 0 Å². The Morgan fingerprint density at radius 2 is 1.74 bits per heavy atom. The summed E-state index contributed by atoms with van der Waals surface area (Å²) in [4.78, 5) is 28.2. The molecule has 2 aromatic rings. The van der Waals surface area contributed by atoms with Crippen molar-refractivity contribution < 1.29 is 22.7 Å². The molecule has 2 amide bonds. The Morgan fingerprint density at radius 3 is 2.37 bits per heavy atom. The van der Waals surface area contributed by atoms with E-state index in [1.54, 1.807) is 31.2 Å². The number of rotatable bonds is 10. The van der Waals surface area contributed by atoms with Gasteiger partial charge in [-0.25, -0.2) is 8.42 Å². The summed E-state index contributed by atoms with van der Waals surface area (Å²) in [6.45, 7) is 1.45. The van der Waals surface area contributed by atoms with Crippen molar-refractivity contribution in [2.24, 2.45) is 0 Å². The maximum atomic E-state index is 13.6. The fraction of sp³-hybridized carbons (Fsp3) is 0.462. The van der Waals surface area contributed by atoms with Crippen molar-refractivity contribution in [1.82, 2.24) is 10.2 Å². The number of nitrogens with one attached hydrogen (secondary N) is 1. The van der Waals surface area contributed by atoms with E-state index < -0.39 is 28.5 Å². The number of nitrogens with zero attached hydrogens (tertiary/aromatic N) is 2. The second-order valence-corrected chi connectivity index (χ2v) is 10.9. The molecule has 190 valence electrons. The number of hydrogen-bond acceptors (Lipinski definition) is 5. The van der Waals surface area contributed by atoms with Crippen molar-refractivity contribution in [2.75, 3.05) is 24.2 Å². The smallest absolute Gasteiger partial charge is 0.244 e. The number of benzene rings is 2. The van der Waals surface area contributed by atoms with Crippen molar-refractivity contribution in [3.05, 3.63) is 60.2 Å². The molecule has 9 heteroatoms. The summed E-state index contributed by atoms with van der Waals surface area (Å²) in [6.07, 6.45) is 6.25. The highest BCUT2D eigenvalue weighted by Crippen LogP contribution is 2.24. The van der Waals surface area contributed by atoms with Crippen LogP contribution < -0.4 is 14.4 Å². The van der Waals surface area contributed by atoms with E-state index in [0.717, 1.165) is 41.8 Å². The Labute approximate surface area is 208 Å². The van der Waals surface area contributed by atoms with Gasteiger partial charge in [-0.2, -0.15) is 0 Å². The third kappa shape index (κ3) is 7.45. The number of carbonyl (C=O) groups is 2. The first kappa shape index (κ1) is 26.5. The van der Waals surface area contributed by atoms with Gasteiger partial charge in [0.25, 0.3) is 0 Å². The molecule has 1 aliphatic carbocycles. The van der Waals surface area contributed by atoms with E-state index in [2.05, 4.69) is 5.32 Å². The minimum absolute atomic E-state index is 0.108. The first-order valence-electron chi connectivity index (χ1n) is 11.9. The van der Waals surface area contributed by atoms with Gasteiger partial charge >= 0.3 is 0 Å². The summed E-state index contributed by atoms with van der Waals surface area (Å²) < 4.78 is 31.6. The Balaban J connectivity index is 1.85. The highest BCUT2D eigenvalue weighted by molar-refractivity contribution is 7.92. The zero-order valence-electron chi connectivity index (χ0n) is 20.6. The molecule has 0 heterocycles. The van der Waals surface area contributed by atoms with Gasteiger partial charge in [-0.3, -0.25) is 13.9 Å². The number of carbonyl (C=O) groups excluding carboxylic acids is 2. The van der Waals surface area contributed by atoms with Gasteiger partial charge < -0.3 is 15.0 Å². The lowest BCUT2D eigenvalue weighted by molar-refractivity contribution is -0.139. The van der Waals surface area contributed by atoms with Crippen molar-refractivity contribution >= 4 is 27.5 Å². The number of hydrogen-bond donors (Lipinski definition) is 1. The van der Waals surface area contributed by atoms with Gasteiger partial charge in [0.2, 0.25) is 21.8 Å². The molecule has 0 unspecified atom stereocenters. The fourth-order valence-electron chi connectivity index (χ4n) is 4.31. The summed E-state index contributed by atoms with van der Waals surface area (Å²) in [5.74, 6) is -0.216. The molecule has 1 aliphatic rings. The average Bonchev–Trinajstić information content (AvgIpc) is 2.85. The van der Waals surface area contributed by atoms with Crippen LogP contribution in [0.15, 0.2) is 54.6 Å². The third-order valence-electron chi connectivity index (χ3n) is 6.34. The molecule has 1 saturated carbocycles. The summed E-state index contributed by atoms with van der Waals surface area (Å²) >= 11 is 0. The third-order valence-corrected chi connectivity index (χ3v) is 7.48. The van der Waals surface area contributed by atoms with Crippen LogP contribution in [-0.4, -0.2) is 57.1 Å². The summed E-state index contributed by atoms with van der Waals surface area (Å²) in [5, 5.41) is 3.09. The molecular weight excluding hydrogens is 466 g/mol. The van der Waals surface area contributed by atoms with Crippen LogP contribution in [0.5, 0.6) is 5.75 Å². The minimum Gasteiger partial charge on any atom is -0.497 e.